The second-order valence-corrected chi connectivity index (χ2v) is 7.75. The zero-order chi connectivity index (χ0) is 19.5. The Labute approximate surface area is 187 Å². The van der Waals surface area contributed by atoms with Crippen molar-refractivity contribution in [2.45, 2.75) is 13.0 Å². The normalized spacial score (nSPS) is 22.4. The van der Waals surface area contributed by atoms with Crippen molar-refractivity contribution in [1.29, 1.82) is 0 Å². The van der Waals surface area contributed by atoms with Crippen molar-refractivity contribution in [1.82, 2.24) is 20.3 Å². The molecule has 0 radical (unpaired) electrons. The standard InChI is InChI=1S/C16H14Cl3N5O3.Li/c1-5-10(17)11(18)13(20-5)14(25)23-12-6-3-24(4-7(6)12)9-2-8(15(26)27)21-16(19)22-9;/h2,6-7,12,20H,3-4H2,1H3,(H,23,25)(H,26,27);/q;+1/p-1/t6-,7+,12?;. The Hall–Kier alpha value is -1.43. The van der Waals surface area contributed by atoms with Crippen molar-refractivity contribution in [3.63, 3.8) is 0 Å². The van der Waals surface area contributed by atoms with Crippen molar-refractivity contribution in [2.24, 2.45) is 11.8 Å². The molecule has 1 saturated heterocycles. The molecule has 2 aromatic heterocycles. The molecule has 4 rings (SSSR count). The van der Waals surface area contributed by atoms with Crippen molar-refractivity contribution < 1.29 is 33.6 Å². The predicted molar refractivity (Wildman–Crippen MR) is 97.4 cm³/mol. The van der Waals surface area contributed by atoms with E-state index in [-0.39, 0.29) is 64.3 Å². The molecule has 12 heteroatoms. The van der Waals surface area contributed by atoms with Crippen LogP contribution in [-0.4, -0.2) is 46.0 Å². The number of halogens is 3. The van der Waals surface area contributed by atoms with Gasteiger partial charge in [0.15, 0.2) is 0 Å². The van der Waals surface area contributed by atoms with Crippen LogP contribution in [0, 0.1) is 18.8 Å². The van der Waals surface area contributed by atoms with E-state index in [1.54, 1.807) is 6.92 Å². The molecule has 1 unspecified atom stereocenters. The number of anilines is 1. The molecule has 3 atom stereocenters. The number of aromatic amines is 1. The van der Waals surface area contributed by atoms with Crippen molar-refractivity contribution >= 4 is 52.5 Å². The number of rotatable bonds is 4. The first-order valence-corrected chi connectivity index (χ1v) is 9.25. The first kappa shape index (κ1) is 21.3. The SMILES string of the molecule is Cc1[nH]c(C(=O)NC2[C@H]3CN(c4cc(C(=O)[O-])nc(Cl)n4)C[C@@H]23)c(Cl)c1Cl.[Li+]. The van der Waals surface area contributed by atoms with Crippen LogP contribution in [0.4, 0.5) is 5.82 Å². The number of piperidine rings is 1. The molecule has 1 aliphatic carbocycles. The van der Waals surface area contributed by atoms with Gasteiger partial charge < -0.3 is 25.1 Å². The molecule has 142 valence electrons. The third-order valence-corrected chi connectivity index (χ3v) is 6.11. The van der Waals surface area contributed by atoms with E-state index < -0.39 is 5.97 Å². The zero-order valence-corrected chi connectivity index (χ0v) is 17.2. The number of aromatic nitrogens is 3. The largest absolute Gasteiger partial charge is 1.00 e. The van der Waals surface area contributed by atoms with Crippen molar-refractivity contribution in [3.05, 3.63) is 38.5 Å². The van der Waals surface area contributed by atoms with Crippen LogP contribution in [-0.2, 0) is 0 Å². The minimum Gasteiger partial charge on any atom is -0.543 e. The summed E-state index contributed by atoms with van der Waals surface area (Å²) in [5.74, 6) is -0.808. The number of hydrogen-bond acceptors (Lipinski definition) is 6. The van der Waals surface area contributed by atoms with Gasteiger partial charge in [0.1, 0.15) is 11.5 Å². The number of carboxylic acids is 1. The smallest absolute Gasteiger partial charge is 0.543 e. The molecular weight excluding hydrogens is 424 g/mol. The third-order valence-electron chi connectivity index (χ3n) is 4.99. The number of amides is 1. The number of hydrogen-bond donors (Lipinski definition) is 2. The van der Waals surface area contributed by atoms with Crippen LogP contribution >= 0.6 is 34.8 Å². The number of aromatic carboxylic acids is 1. The summed E-state index contributed by atoms with van der Waals surface area (Å²) in [6.07, 6.45) is 0. The van der Waals surface area contributed by atoms with Crippen LogP contribution in [0.3, 0.4) is 0 Å². The van der Waals surface area contributed by atoms with Gasteiger partial charge in [0.25, 0.3) is 5.91 Å². The maximum atomic E-state index is 12.4. The van der Waals surface area contributed by atoms with Gasteiger partial charge in [0.2, 0.25) is 5.28 Å². The zero-order valence-electron chi connectivity index (χ0n) is 14.9. The van der Waals surface area contributed by atoms with Gasteiger partial charge in [-0.05, 0) is 18.5 Å². The van der Waals surface area contributed by atoms with Gasteiger partial charge in [-0.25, -0.2) is 9.97 Å². The van der Waals surface area contributed by atoms with Gasteiger partial charge in [0.05, 0.1) is 21.7 Å². The number of aryl methyl sites for hydroxylation is 1. The summed E-state index contributed by atoms with van der Waals surface area (Å²) in [5, 5.41) is 14.4. The summed E-state index contributed by atoms with van der Waals surface area (Å²) in [6, 6.07) is 1.35. The average Bonchev–Trinajstić information content (AvgIpc) is 2.95. The van der Waals surface area contributed by atoms with Gasteiger partial charge in [0, 0.05) is 42.7 Å². The Bertz CT molecular complexity index is 957. The number of H-pyrrole nitrogens is 1. The van der Waals surface area contributed by atoms with Crippen molar-refractivity contribution in [2.75, 3.05) is 18.0 Å². The Kier molecular flexibility index (Phi) is 5.90. The first-order valence-electron chi connectivity index (χ1n) is 8.11. The summed E-state index contributed by atoms with van der Waals surface area (Å²) in [5.41, 5.74) is 0.629. The second-order valence-electron chi connectivity index (χ2n) is 6.65. The fraction of sp³-hybridized carbons (Fsp3) is 0.375. The van der Waals surface area contributed by atoms with Crippen LogP contribution in [0.2, 0.25) is 15.3 Å². The van der Waals surface area contributed by atoms with Crippen LogP contribution in [0.15, 0.2) is 6.07 Å². The summed E-state index contributed by atoms with van der Waals surface area (Å²) < 4.78 is 0. The Morgan fingerprint density at radius 1 is 1.21 bits per heavy atom. The van der Waals surface area contributed by atoms with Crippen LogP contribution in [0.25, 0.3) is 0 Å². The number of carboxylic acid groups (broad SMARTS) is 1. The molecule has 3 heterocycles. The van der Waals surface area contributed by atoms with Gasteiger partial charge in [-0.1, -0.05) is 23.2 Å². The average molecular weight is 437 g/mol. The molecule has 28 heavy (non-hydrogen) atoms. The van der Waals surface area contributed by atoms with Crippen molar-refractivity contribution in [3.8, 4) is 0 Å². The summed E-state index contributed by atoms with van der Waals surface area (Å²) in [6.45, 7) is 2.98. The monoisotopic (exact) mass is 435 g/mol. The fourth-order valence-electron chi connectivity index (χ4n) is 3.55. The molecule has 0 spiro atoms. The van der Waals surface area contributed by atoms with E-state index in [4.69, 9.17) is 34.8 Å². The number of nitrogens with zero attached hydrogens (tertiary/aromatic N) is 3. The molecule has 2 N–H and O–H groups in total. The number of carbonyl (C=O) groups excluding carboxylic acids is 2. The Morgan fingerprint density at radius 3 is 2.39 bits per heavy atom. The molecule has 8 nitrogen and oxygen atoms in total. The van der Waals surface area contributed by atoms with E-state index in [1.807, 2.05) is 4.90 Å². The van der Waals surface area contributed by atoms with Gasteiger partial charge in [-0.2, -0.15) is 0 Å². The molecule has 1 saturated carbocycles. The maximum Gasteiger partial charge on any atom is 1.00 e. The number of carbonyl (C=O) groups is 2. The minimum absolute atomic E-state index is 0. The number of nitrogens with one attached hydrogen (secondary N) is 2. The maximum absolute atomic E-state index is 12.4. The molecule has 0 bridgehead atoms. The van der Waals surface area contributed by atoms with E-state index in [0.29, 0.717) is 29.6 Å². The van der Waals surface area contributed by atoms with E-state index >= 15 is 0 Å². The molecule has 2 aromatic rings. The van der Waals surface area contributed by atoms with Gasteiger partial charge in [-0.15, -0.1) is 0 Å². The fourth-order valence-corrected chi connectivity index (χ4v) is 4.15. The topological polar surface area (TPSA) is 114 Å². The molecule has 0 aromatic carbocycles. The van der Waals surface area contributed by atoms with E-state index in [9.17, 15) is 14.7 Å². The van der Waals surface area contributed by atoms with E-state index in [1.165, 1.54) is 6.07 Å². The first-order chi connectivity index (χ1) is 12.8. The third kappa shape index (κ3) is 3.72. The summed E-state index contributed by atoms with van der Waals surface area (Å²) >= 11 is 17.9. The summed E-state index contributed by atoms with van der Waals surface area (Å²) in [4.78, 5) is 35.9. The van der Waals surface area contributed by atoms with Gasteiger partial charge >= 0.3 is 18.9 Å². The van der Waals surface area contributed by atoms with Gasteiger partial charge in [-0.3, -0.25) is 4.79 Å². The molecule has 2 aliphatic rings. The molecule has 2 fully saturated rings. The van der Waals surface area contributed by atoms with E-state index in [2.05, 4.69) is 20.3 Å². The minimum atomic E-state index is -1.41. The quantitative estimate of drug-likeness (QED) is 0.437. The molecular formula is C16H13Cl3LiN5O3. The summed E-state index contributed by atoms with van der Waals surface area (Å²) in [7, 11) is 0. The van der Waals surface area contributed by atoms with Crippen LogP contribution in [0.1, 0.15) is 26.7 Å². The molecule has 1 amide bonds. The van der Waals surface area contributed by atoms with Crippen LogP contribution < -0.4 is 34.2 Å². The Balaban J connectivity index is 0.00000225. The second kappa shape index (κ2) is 7.77. The van der Waals surface area contributed by atoms with E-state index in [0.717, 1.165) is 0 Å². The van der Waals surface area contributed by atoms with Crippen LogP contribution in [0.5, 0.6) is 0 Å². The molecule has 1 aliphatic heterocycles. The number of fused-ring (bicyclic) bond motifs is 1. The predicted octanol–water partition coefficient (Wildman–Crippen LogP) is -1.69. The Morgan fingerprint density at radius 2 is 1.86 bits per heavy atom.